The number of ether oxygens (including phenoxy) is 1. The molecule has 0 unspecified atom stereocenters. The predicted molar refractivity (Wildman–Crippen MR) is 65.6 cm³/mol. The fraction of sp³-hybridized carbons (Fsp3) is 0.455. The molecule has 0 aromatic heterocycles. The molecule has 5 heteroatoms. The van der Waals surface area contributed by atoms with E-state index in [9.17, 15) is 5.11 Å². The Morgan fingerprint density at radius 1 is 1.56 bits per heavy atom. The average Bonchev–Trinajstić information content (AvgIpc) is 2.21. The van der Waals surface area contributed by atoms with Gasteiger partial charge in [0.05, 0.1) is 11.6 Å². The summed E-state index contributed by atoms with van der Waals surface area (Å²) >= 11 is 3.31. The van der Waals surface area contributed by atoms with Gasteiger partial charge in [0.15, 0.2) is 11.5 Å². The average molecular weight is 287 g/mol. The van der Waals surface area contributed by atoms with Crippen LogP contribution in [0, 0.1) is 0 Å². The Labute approximate surface area is 103 Å². The first-order valence-electron chi connectivity index (χ1n) is 5.13. The monoisotopic (exact) mass is 286 g/mol. The summed E-state index contributed by atoms with van der Waals surface area (Å²) in [6.07, 6.45) is 0. The van der Waals surface area contributed by atoms with Crippen LogP contribution in [0.25, 0.3) is 0 Å². The van der Waals surface area contributed by atoms with Gasteiger partial charge in [-0.15, -0.1) is 0 Å². The van der Waals surface area contributed by atoms with Crippen molar-refractivity contribution < 1.29 is 9.84 Å². The van der Waals surface area contributed by atoms with Crippen LogP contribution in [0.1, 0.15) is 5.56 Å². The maximum absolute atomic E-state index is 9.66. The zero-order chi connectivity index (χ0) is 11.7. The minimum absolute atomic E-state index is 0.145. The number of methoxy groups -OCH3 is 1. The lowest BCUT2D eigenvalue weighted by atomic mass is 10.1. The highest BCUT2D eigenvalue weighted by molar-refractivity contribution is 9.10. The van der Waals surface area contributed by atoms with Gasteiger partial charge < -0.3 is 15.6 Å². The van der Waals surface area contributed by atoms with E-state index in [1.54, 1.807) is 7.11 Å². The lowest BCUT2D eigenvalue weighted by molar-refractivity contribution is 0.142. The first-order valence-corrected chi connectivity index (χ1v) is 5.92. The predicted octanol–water partition coefficient (Wildman–Crippen LogP) is 1.31. The van der Waals surface area contributed by atoms with Crippen molar-refractivity contribution in [2.75, 3.05) is 20.2 Å². The lowest BCUT2D eigenvalue weighted by Crippen LogP contribution is -2.54. The minimum Gasteiger partial charge on any atom is -0.503 e. The number of nitrogens with zero attached hydrogens (tertiary/aromatic N) is 1. The van der Waals surface area contributed by atoms with E-state index in [2.05, 4.69) is 20.8 Å². The van der Waals surface area contributed by atoms with Crippen molar-refractivity contribution in [1.29, 1.82) is 0 Å². The van der Waals surface area contributed by atoms with E-state index in [4.69, 9.17) is 10.5 Å². The van der Waals surface area contributed by atoms with Crippen molar-refractivity contribution in [3.63, 3.8) is 0 Å². The highest BCUT2D eigenvalue weighted by Crippen LogP contribution is 2.35. The van der Waals surface area contributed by atoms with Gasteiger partial charge in [-0.2, -0.15) is 0 Å². The van der Waals surface area contributed by atoms with Gasteiger partial charge in [-0.3, -0.25) is 4.90 Å². The second kappa shape index (κ2) is 4.61. The van der Waals surface area contributed by atoms with E-state index in [0.29, 0.717) is 16.3 Å². The fourth-order valence-corrected chi connectivity index (χ4v) is 2.36. The van der Waals surface area contributed by atoms with Crippen LogP contribution in [0.15, 0.2) is 16.6 Å². The van der Waals surface area contributed by atoms with Crippen LogP contribution in [-0.2, 0) is 6.54 Å². The molecule has 1 aromatic rings. The summed E-state index contributed by atoms with van der Waals surface area (Å²) in [5.41, 5.74) is 6.82. The normalized spacial score (nSPS) is 17.2. The molecule has 88 valence electrons. The summed E-state index contributed by atoms with van der Waals surface area (Å²) in [4.78, 5) is 2.25. The van der Waals surface area contributed by atoms with Crippen LogP contribution in [0.4, 0.5) is 0 Å². The van der Waals surface area contributed by atoms with Crippen LogP contribution in [0.2, 0.25) is 0 Å². The molecule has 0 saturated carbocycles. The Bertz CT molecular complexity index is 392. The van der Waals surface area contributed by atoms with Crippen molar-refractivity contribution >= 4 is 15.9 Å². The maximum Gasteiger partial charge on any atom is 0.172 e. The zero-order valence-corrected chi connectivity index (χ0v) is 10.7. The molecule has 1 fully saturated rings. The topological polar surface area (TPSA) is 58.7 Å². The van der Waals surface area contributed by atoms with Gasteiger partial charge >= 0.3 is 0 Å². The Morgan fingerprint density at radius 3 is 2.81 bits per heavy atom. The van der Waals surface area contributed by atoms with Crippen LogP contribution in [-0.4, -0.2) is 36.2 Å². The summed E-state index contributed by atoms with van der Waals surface area (Å²) in [5, 5.41) is 9.66. The summed E-state index contributed by atoms with van der Waals surface area (Å²) < 4.78 is 5.76. The third-order valence-corrected chi connectivity index (χ3v) is 3.30. The molecular formula is C11H15BrN2O2. The van der Waals surface area contributed by atoms with Crippen LogP contribution in [0.5, 0.6) is 11.5 Å². The van der Waals surface area contributed by atoms with Crippen LogP contribution < -0.4 is 10.5 Å². The van der Waals surface area contributed by atoms with Gasteiger partial charge in [0, 0.05) is 25.7 Å². The smallest absolute Gasteiger partial charge is 0.172 e. The number of nitrogens with two attached hydrogens (primary N) is 1. The fourth-order valence-electron chi connectivity index (χ4n) is 1.87. The number of phenols is 1. The van der Waals surface area contributed by atoms with Gasteiger partial charge in [0.25, 0.3) is 0 Å². The summed E-state index contributed by atoms with van der Waals surface area (Å²) in [5.74, 6) is 0.640. The number of rotatable bonds is 3. The zero-order valence-electron chi connectivity index (χ0n) is 9.11. The van der Waals surface area contributed by atoms with E-state index in [-0.39, 0.29) is 5.75 Å². The number of benzene rings is 1. The number of hydrogen-bond donors (Lipinski definition) is 2. The molecule has 16 heavy (non-hydrogen) atoms. The number of phenolic OH excluding ortho intramolecular Hbond substituents is 1. The number of likely N-dealkylation sites (tertiary alicyclic amines) is 1. The molecule has 1 saturated heterocycles. The highest BCUT2D eigenvalue weighted by atomic mass is 79.9. The second-order valence-electron chi connectivity index (χ2n) is 4.08. The minimum atomic E-state index is 0.145. The Hall–Kier alpha value is -0.780. The van der Waals surface area contributed by atoms with E-state index in [1.165, 1.54) is 0 Å². The number of halogens is 1. The molecule has 0 aliphatic carbocycles. The Morgan fingerprint density at radius 2 is 2.25 bits per heavy atom. The van der Waals surface area contributed by atoms with Crippen molar-refractivity contribution in [2.24, 2.45) is 5.73 Å². The lowest BCUT2D eigenvalue weighted by Gasteiger charge is -2.36. The largest absolute Gasteiger partial charge is 0.503 e. The summed E-state index contributed by atoms with van der Waals surface area (Å²) in [6, 6.07) is 4.06. The number of aromatic hydroxyl groups is 1. The molecule has 4 nitrogen and oxygen atoms in total. The third kappa shape index (κ3) is 2.31. The quantitative estimate of drug-likeness (QED) is 0.880. The maximum atomic E-state index is 9.66. The van der Waals surface area contributed by atoms with Crippen LogP contribution >= 0.6 is 15.9 Å². The van der Waals surface area contributed by atoms with Gasteiger partial charge in [-0.25, -0.2) is 0 Å². The molecule has 0 spiro atoms. The van der Waals surface area contributed by atoms with Crippen molar-refractivity contribution in [3.8, 4) is 11.5 Å². The van der Waals surface area contributed by atoms with Gasteiger partial charge in [-0.05, 0) is 33.6 Å². The van der Waals surface area contributed by atoms with Gasteiger partial charge in [0.2, 0.25) is 0 Å². The van der Waals surface area contributed by atoms with Crippen molar-refractivity contribution in [2.45, 2.75) is 12.6 Å². The van der Waals surface area contributed by atoms with E-state index in [0.717, 1.165) is 25.2 Å². The number of hydrogen-bond acceptors (Lipinski definition) is 4. The molecule has 0 atom stereocenters. The Kier molecular flexibility index (Phi) is 3.37. The molecule has 3 N–H and O–H groups in total. The van der Waals surface area contributed by atoms with E-state index >= 15 is 0 Å². The first kappa shape index (κ1) is 11.7. The van der Waals surface area contributed by atoms with Gasteiger partial charge in [0.1, 0.15) is 0 Å². The molecule has 1 aliphatic rings. The van der Waals surface area contributed by atoms with Crippen molar-refractivity contribution in [1.82, 2.24) is 4.90 Å². The van der Waals surface area contributed by atoms with Crippen molar-refractivity contribution in [3.05, 3.63) is 22.2 Å². The Balaban J connectivity index is 2.12. The van der Waals surface area contributed by atoms with E-state index in [1.807, 2.05) is 12.1 Å². The molecule has 2 rings (SSSR count). The molecule has 1 aromatic carbocycles. The second-order valence-corrected chi connectivity index (χ2v) is 4.94. The van der Waals surface area contributed by atoms with E-state index < -0.39 is 0 Å². The van der Waals surface area contributed by atoms with Crippen LogP contribution in [0.3, 0.4) is 0 Å². The molecule has 1 aliphatic heterocycles. The molecular weight excluding hydrogens is 272 g/mol. The summed E-state index contributed by atoms with van der Waals surface area (Å²) in [7, 11) is 1.55. The standard InChI is InChI=1S/C11H15BrN2O2/c1-16-10-3-7(2-9(12)11(10)15)4-14-5-8(13)6-14/h2-3,8,15H,4-6,13H2,1H3. The molecule has 0 radical (unpaired) electrons. The van der Waals surface area contributed by atoms with Gasteiger partial charge in [-0.1, -0.05) is 0 Å². The molecule has 1 heterocycles. The third-order valence-electron chi connectivity index (χ3n) is 2.70. The first-order chi connectivity index (χ1) is 7.60. The molecule has 0 amide bonds. The SMILES string of the molecule is COc1cc(CN2CC(N)C2)cc(Br)c1O. The molecule has 0 bridgehead atoms. The summed E-state index contributed by atoms with van der Waals surface area (Å²) in [6.45, 7) is 2.70. The highest BCUT2D eigenvalue weighted by Gasteiger charge is 2.23.